The van der Waals surface area contributed by atoms with Crippen molar-refractivity contribution in [2.24, 2.45) is 11.7 Å². The zero-order valence-corrected chi connectivity index (χ0v) is 11.0. The van der Waals surface area contributed by atoms with Crippen molar-refractivity contribution in [2.45, 2.75) is 20.8 Å². The molecule has 0 fully saturated rings. The summed E-state index contributed by atoms with van der Waals surface area (Å²) in [6.07, 6.45) is 0. The summed E-state index contributed by atoms with van der Waals surface area (Å²) in [6.45, 7) is 6.89. The Morgan fingerprint density at radius 2 is 1.94 bits per heavy atom. The number of ketones is 1. The summed E-state index contributed by atoms with van der Waals surface area (Å²) in [4.78, 5) is 25.5. The molecule has 1 aromatic carbocycles. The average Bonchev–Trinajstić information content (AvgIpc) is 2.59. The van der Waals surface area contributed by atoms with E-state index in [1.54, 1.807) is 11.0 Å². The predicted molar refractivity (Wildman–Crippen MR) is 70.8 cm³/mol. The van der Waals surface area contributed by atoms with Crippen molar-refractivity contribution in [3.05, 3.63) is 28.8 Å². The van der Waals surface area contributed by atoms with Crippen molar-refractivity contribution in [2.75, 3.05) is 18.0 Å². The van der Waals surface area contributed by atoms with E-state index in [1.807, 2.05) is 26.8 Å². The number of anilines is 1. The highest BCUT2D eigenvalue weighted by Crippen LogP contribution is 2.34. The molecule has 0 radical (unpaired) electrons. The Balaban J connectivity index is 2.50. The Bertz CT molecular complexity index is 523. The van der Waals surface area contributed by atoms with Gasteiger partial charge in [-0.1, -0.05) is 13.0 Å². The normalized spacial score (nSPS) is 16.1. The second-order valence-corrected chi connectivity index (χ2v) is 4.99. The summed E-state index contributed by atoms with van der Waals surface area (Å²) in [7, 11) is 0. The van der Waals surface area contributed by atoms with Crippen molar-refractivity contribution in [3.8, 4) is 0 Å². The van der Waals surface area contributed by atoms with Gasteiger partial charge < -0.3 is 10.6 Å². The van der Waals surface area contributed by atoms with Gasteiger partial charge in [-0.15, -0.1) is 0 Å². The number of Topliss-reactive ketones (excluding diaryl/α,β-unsaturated/α-hetero) is 1. The number of hydrogen-bond donors (Lipinski definition) is 1. The van der Waals surface area contributed by atoms with Crippen molar-refractivity contribution in [3.63, 3.8) is 0 Å². The van der Waals surface area contributed by atoms with Crippen LogP contribution in [0.1, 0.15) is 28.4 Å². The van der Waals surface area contributed by atoms with Crippen LogP contribution in [0.25, 0.3) is 0 Å². The number of nitrogens with two attached hydrogens (primary N) is 1. The molecule has 1 atom stereocenters. The smallest absolute Gasteiger partial charge is 0.299 e. The molecule has 1 aromatic rings. The third-order valence-corrected chi connectivity index (χ3v) is 3.55. The van der Waals surface area contributed by atoms with Gasteiger partial charge >= 0.3 is 0 Å². The minimum absolute atomic E-state index is 0.174. The van der Waals surface area contributed by atoms with E-state index in [2.05, 4.69) is 0 Å². The van der Waals surface area contributed by atoms with E-state index in [9.17, 15) is 9.59 Å². The van der Waals surface area contributed by atoms with E-state index in [1.165, 1.54) is 0 Å². The molecule has 0 aliphatic carbocycles. The fourth-order valence-electron chi connectivity index (χ4n) is 2.23. The zero-order valence-electron chi connectivity index (χ0n) is 11.0. The van der Waals surface area contributed by atoms with Gasteiger partial charge in [0, 0.05) is 6.54 Å². The summed E-state index contributed by atoms with van der Waals surface area (Å²) >= 11 is 0. The molecule has 0 saturated heterocycles. The zero-order chi connectivity index (χ0) is 13.4. The first-order valence-electron chi connectivity index (χ1n) is 6.13. The summed E-state index contributed by atoms with van der Waals surface area (Å²) in [5.74, 6) is -0.663. The number of hydrogen-bond acceptors (Lipinski definition) is 3. The summed E-state index contributed by atoms with van der Waals surface area (Å²) in [5, 5.41) is 0. The second kappa shape index (κ2) is 4.53. The molecule has 1 amide bonds. The largest absolute Gasteiger partial charge is 0.330 e. The van der Waals surface area contributed by atoms with Gasteiger partial charge in [0.05, 0.1) is 11.3 Å². The highest BCUT2D eigenvalue weighted by atomic mass is 16.2. The van der Waals surface area contributed by atoms with E-state index < -0.39 is 11.7 Å². The quantitative estimate of drug-likeness (QED) is 0.820. The molecular weight excluding hydrogens is 228 g/mol. The molecule has 1 aliphatic heterocycles. The van der Waals surface area contributed by atoms with Crippen molar-refractivity contribution >= 4 is 17.4 Å². The van der Waals surface area contributed by atoms with E-state index in [0.29, 0.717) is 18.7 Å². The Morgan fingerprint density at radius 1 is 1.28 bits per heavy atom. The lowest BCUT2D eigenvalue weighted by molar-refractivity contribution is -0.114. The first kappa shape index (κ1) is 12.8. The Hall–Kier alpha value is -1.68. The summed E-state index contributed by atoms with van der Waals surface area (Å²) in [6, 6.07) is 3.63. The lowest BCUT2D eigenvalue weighted by Crippen LogP contribution is -2.36. The minimum Gasteiger partial charge on any atom is -0.330 e. The number of amides is 1. The van der Waals surface area contributed by atoms with E-state index in [-0.39, 0.29) is 5.92 Å². The molecule has 0 saturated carbocycles. The van der Waals surface area contributed by atoms with Crippen LogP contribution in [0.15, 0.2) is 12.1 Å². The van der Waals surface area contributed by atoms with E-state index in [0.717, 1.165) is 16.8 Å². The molecule has 18 heavy (non-hydrogen) atoms. The van der Waals surface area contributed by atoms with Gasteiger partial charge in [0.25, 0.3) is 11.7 Å². The molecule has 2 rings (SSSR count). The topological polar surface area (TPSA) is 63.4 Å². The van der Waals surface area contributed by atoms with Crippen LogP contribution in [0, 0.1) is 19.8 Å². The van der Waals surface area contributed by atoms with Gasteiger partial charge in [0.2, 0.25) is 0 Å². The van der Waals surface area contributed by atoms with E-state index >= 15 is 0 Å². The molecule has 0 spiro atoms. The Kier molecular flexibility index (Phi) is 3.22. The van der Waals surface area contributed by atoms with Crippen LogP contribution < -0.4 is 10.6 Å². The third-order valence-electron chi connectivity index (χ3n) is 3.55. The summed E-state index contributed by atoms with van der Waals surface area (Å²) < 4.78 is 0. The molecule has 4 nitrogen and oxygen atoms in total. The van der Waals surface area contributed by atoms with Gasteiger partial charge in [-0.3, -0.25) is 9.59 Å². The SMILES string of the molecule is Cc1ccc2c(c1C)N(CC(C)CN)C(=O)C2=O. The van der Waals surface area contributed by atoms with Crippen molar-refractivity contribution < 1.29 is 9.59 Å². The number of carbonyl (C=O) groups excluding carboxylic acids is 2. The number of rotatable bonds is 3. The van der Waals surface area contributed by atoms with Crippen LogP contribution in [0.4, 0.5) is 5.69 Å². The third kappa shape index (κ3) is 1.82. The molecule has 2 N–H and O–H groups in total. The lowest BCUT2D eigenvalue weighted by atomic mass is 10.0. The minimum atomic E-state index is -0.431. The lowest BCUT2D eigenvalue weighted by Gasteiger charge is -2.22. The number of aryl methyl sites for hydroxylation is 1. The summed E-state index contributed by atoms with van der Waals surface area (Å²) in [5.41, 5.74) is 8.97. The molecular formula is C14H18N2O2. The Morgan fingerprint density at radius 3 is 2.56 bits per heavy atom. The highest BCUT2D eigenvalue weighted by molar-refractivity contribution is 6.52. The van der Waals surface area contributed by atoms with Crippen LogP contribution in [-0.4, -0.2) is 24.8 Å². The maximum Gasteiger partial charge on any atom is 0.299 e. The molecule has 1 aliphatic rings. The highest BCUT2D eigenvalue weighted by Gasteiger charge is 2.37. The van der Waals surface area contributed by atoms with Crippen LogP contribution >= 0.6 is 0 Å². The molecule has 1 heterocycles. The van der Waals surface area contributed by atoms with Crippen LogP contribution in [0.2, 0.25) is 0 Å². The van der Waals surface area contributed by atoms with Gasteiger partial charge in [-0.05, 0) is 43.5 Å². The van der Waals surface area contributed by atoms with Crippen LogP contribution in [0.5, 0.6) is 0 Å². The van der Waals surface area contributed by atoms with Gasteiger partial charge in [0.15, 0.2) is 0 Å². The van der Waals surface area contributed by atoms with Crippen LogP contribution in [0.3, 0.4) is 0 Å². The Labute approximate surface area is 107 Å². The molecule has 96 valence electrons. The van der Waals surface area contributed by atoms with Crippen LogP contribution in [-0.2, 0) is 4.79 Å². The monoisotopic (exact) mass is 246 g/mol. The fraction of sp³-hybridized carbons (Fsp3) is 0.429. The first-order chi connectivity index (χ1) is 8.47. The predicted octanol–water partition coefficient (Wildman–Crippen LogP) is 1.43. The van der Waals surface area contributed by atoms with Gasteiger partial charge in [-0.25, -0.2) is 0 Å². The number of fused-ring (bicyclic) bond motifs is 1. The van der Waals surface area contributed by atoms with Gasteiger partial charge in [0.1, 0.15) is 0 Å². The molecule has 1 unspecified atom stereocenters. The molecule has 0 bridgehead atoms. The van der Waals surface area contributed by atoms with E-state index in [4.69, 9.17) is 5.73 Å². The standard InChI is InChI=1S/C14H18N2O2/c1-8(6-15)7-16-12-10(3)9(2)4-5-11(12)13(17)14(16)18/h4-5,8H,6-7,15H2,1-3H3. The number of nitrogens with zero attached hydrogens (tertiary/aromatic N) is 1. The number of carbonyl (C=O) groups is 2. The molecule has 0 aromatic heterocycles. The van der Waals surface area contributed by atoms with Crippen molar-refractivity contribution in [1.29, 1.82) is 0 Å². The number of benzene rings is 1. The van der Waals surface area contributed by atoms with Crippen molar-refractivity contribution in [1.82, 2.24) is 0 Å². The van der Waals surface area contributed by atoms with Gasteiger partial charge in [-0.2, -0.15) is 0 Å². The fourth-order valence-corrected chi connectivity index (χ4v) is 2.23. The maximum atomic E-state index is 12.0. The second-order valence-electron chi connectivity index (χ2n) is 4.99. The maximum absolute atomic E-state index is 12.0. The first-order valence-corrected chi connectivity index (χ1v) is 6.13. The average molecular weight is 246 g/mol. The molecule has 4 heteroatoms.